The molecule has 1 aromatic heterocycles. The highest BCUT2D eigenvalue weighted by Gasteiger charge is 2.18. The van der Waals surface area contributed by atoms with Crippen LogP contribution in [-0.4, -0.2) is 33.4 Å². The summed E-state index contributed by atoms with van der Waals surface area (Å²) >= 11 is 0. The molecule has 2 N–H and O–H groups in total. The summed E-state index contributed by atoms with van der Waals surface area (Å²) in [5.74, 6) is 0.221. The van der Waals surface area contributed by atoms with Gasteiger partial charge in [0, 0.05) is 18.7 Å². The van der Waals surface area contributed by atoms with Gasteiger partial charge in [-0.1, -0.05) is 32.4 Å². The molecule has 5 nitrogen and oxygen atoms in total. The number of rotatable bonds is 9. The van der Waals surface area contributed by atoms with Crippen molar-refractivity contribution >= 4 is 5.91 Å². The summed E-state index contributed by atoms with van der Waals surface area (Å²) in [7, 11) is 0. The van der Waals surface area contributed by atoms with Crippen molar-refractivity contribution in [3.63, 3.8) is 0 Å². The molecular weight excluding hydrogens is 290 g/mol. The number of hydrogen-bond acceptors (Lipinski definition) is 3. The molecule has 1 rings (SSSR count). The molecule has 0 radical (unpaired) electrons. The normalized spacial score (nSPS) is 13.7. The smallest absolute Gasteiger partial charge is 0.222 e. The zero-order valence-corrected chi connectivity index (χ0v) is 15.1. The van der Waals surface area contributed by atoms with E-state index in [1.54, 1.807) is 0 Å². The van der Waals surface area contributed by atoms with E-state index in [-0.39, 0.29) is 24.5 Å². The van der Waals surface area contributed by atoms with E-state index in [9.17, 15) is 9.90 Å². The maximum atomic E-state index is 12.1. The quantitative estimate of drug-likeness (QED) is 0.687. The van der Waals surface area contributed by atoms with Crippen LogP contribution in [0.5, 0.6) is 0 Å². The van der Waals surface area contributed by atoms with E-state index in [1.165, 1.54) is 5.56 Å². The van der Waals surface area contributed by atoms with Crippen molar-refractivity contribution in [1.29, 1.82) is 0 Å². The van der Waals surface area contributed by atoms with Gasteiger partial charge >= 0.3 is 0 Å². The zero-order valence-electron chi connectivity index (χ0n) is 15.1. The largest absolute Gasteiger partial charge is 0.394 e. The number of aryl methyl sites for hydroxylation is 2. The summed E-state index contributed by atoms with van der Waals surface area (Å²) in [6.45, 7) is 14.6. The van der Waals surface area contributed by atoms with E-state index in [1.807, 2.05) is 32.4 Å². The molecule has 1 aromatic rings. The number of allylic oxidation sites excluding steroid dienone is 1. The van der Waals surface area contributed by atoms with Crippen LogP contribution < -0.4 is 5.32 Å². The summed E-state index contributed by atoms with van der Waals surface area (Å²) in [5.41, 5.74) is 4.40. The Hall–Kier alpha value is -1.62. The molecule has 130 valence electrons. The Morgan fingerprint density at radius 2 is 2.09 bits per heavy atom. The third kappa shape index (κ3) is 5.50. The lowest BCUT2D eigenvalue weighted by molar-refractivity contribution is -0.122. The number of nitrogens with zero attached hydrogens (tertiary/aromatic N) is 2. The molecule has 0 aromatic carbocycles. The average Bonchev–Trinajstić information content (AvgIpc) is 2.77. The lowest BCUT2D eigenvalue weighted by Gasteiger charge is -2.22. The lowest BCUT2D eigenvalue weighted by Crippen LogP contribution is -2.42. The number of aliphatic hydroxyl groups excluding tert-OH is 1. The van der Waals surface area contributed by atoms with Crippen molar-refractivity contribution in [3.8, 4) is 0 Å². The summed E-state index contributed by atoms with van der Waals surface area (Å²) in [6, 6.07) is -0.174. The predicted molar refractivity (Wildman–Crippen MR) is 93.3 cm³/mol. The monoisotopic (exact) mass is 321 g/mol. The van der Waals surface area contributed by atoms with Gasteiger partial charge in [0.2, 0.25) is 5.91 Å². The van der Waals surface area contributed by atoms with Crippen molar-refractivity contribution in [2.75, 3.05) is 6.61 Å². The maximum Gasteiger partial charge on any atom is 0.222 e. The van der Waals surface area contributed by atoms with Crippen molar-refractivity contribution in [2.24, 2.45) is 5.92 Å². The number of aromatic nitrogens is 2. The van der Waals surface area contributed by atoms with Crippen molar-refractivity contribution in [3.05, 3.63) is 29.1 Å². The molecule has 1 heterocycles. The Bertz CT molecular complexity index is 549. The van der Waals surface area contributed by atoms with Crippen LogP contribution in [-0.2, 0) is 17.8 Å². The summed E-state index contributed by atoms with van der Waals surface area (Å²) in [5, 5.41) is 16.8. The van der Waals surface area contributed by atoms with E-state index in [0.717, 1.165) is 29.8 Å². The highest BCUT2D eigenvalue weighted by atomic mass is 16.3. The number of hydrogen-bond donors (Lipinski definition) is 2. The first kappa shape index (κ1) is 19.4. The van der Waals surface area contributed by atoms with Crippen molar-refractivity contribution in [2.45, 2.75) is 66.5 Å². The van der Waals surface area contributed by atoms with Gasteiger partial charge in [0.25, 0.3) is 0 Å². The SMILES string of the molecule is C=C(C)Cc1c(C)nn(CCC(=O)NC(CO)C(C)CC)c1C. The Morgan fingerprint density at radius 3 is 2.61 bits per heavy atom. The Labute approximate surface area is 139 Å². The highest BCUT2D eigenvalue weighted by molar-refractivity contribution is 5.76. The van der Waals surface area contributed by atoms with Gasteiger partial charge in [-0.05, 0) is 38.7 Å². The first-order valence-corrected chi connectivity index (χ1v) is 8.37. The molecule has 23 heavy (non-hydrogen) atoms. The first-order chi connectivity index (χ1) is 10.8. The van der Waals surface area contributed by atoms with Gasteiger partial charge in [-0.3, -0.25) is 9.48 Å². The molecule has 0 spiro atoms. The predicted octanol–water partition coefficient (Wildman–Crippen LogP) is 2.53. The molecule has 1 amide bonds. The van der Waals surface area contributed by atoms with Crippen LogP contribution in [0.1, 0.15) is 50.6 Å². The second-order valence-electron chi connectivity index (χ2n) is 6.50. The zero-order chi connectivity index (χ0) is 17.6. The molecule has 0 fully saturated rings. The average molecular weight is 321 g/mol. The topological polar surface area (TPSA) is 67.2 Å². The highest BCUT2D eigenvalue weighted by Crippen LogP contribution is 2.17. The minimum atomic E-state index is -0.174. The summed E-state index contributed by atoms with van der Waals surface area (Å²) in [4.78, 5) is 12.1. The number of amides is 1. The summed E-state index contributed by atoms with van der Waals surface area (Å²) in [6.07, 6.45) is 2.11. The van der Waals surface area contributed by atoms with Crippen LogP contribution in [0.25, 0.3) is 0 Å². The van der Waals surface area contributed by atoms with Gasteiger partial charge in [0.15, 0.2) is 0 Å². The van der Waals surface area contributed by atoms with Crippen molar-refractivity contribution < 1.29 is 9.90 Å². The number of aliphatic hydroxyl groups is 1. The lowest BCUT2D eigenvalue weighted by atomic mass is 10.00. The number of carbonyl (C=O) groups is 1. The Kier molecular flexibility index (Phi) is 7.49. The van der Waals surface area contributed by atoms with E-state index >= 15 is 0 Å². The molecule has 2 unspecified atom stereocenters. The fourth-order valence-corrected chi connectivity index (χ4v) is 2.65. The Morgan fingerprint density at radius 1 is 1.43 bits per heavy atom. The van der Waals surface area contributed by atoms with Gasteiger partial charge in [0.05, 0.1) is 18.3 Å². The van der Waals surface area contributed by atoms with E-state index in [0.29, 0.717) is 13.0 Å². The molecule has 0 saturated heterocycles. The van der Waals surface area contributed by atoms with Crippen molar-refractivity contribution in [1.82, 2.24) is 15.1 Å². The van der Waals surface area contributed by atoms with Crippen LogP contribution in [0.15, 0.2) is 12.2 Å². The van der Waals surface area contributed by atoms with Crippen LogP contribution in [0.4, 0.5) is 0 Å². The van der Waals surface area contributed by atoms with Crippen LogP contribution in [0.3, 0.4) is 0 Å². The molecule has 0 aliphatic rings. The van der Waals surface area contributed by atoms with Crippen LogP contribution in [0, 0.1) is 19.8 Å². The third-order valence-electron chi connectivity index (χ3n) is 4.43. The molecular formula is C18H31N3O2. The van der Waals surface area contributed by atoms with Gasteiger partial charge in [-0.2, -0.15) is 5.10 Å². The van der Waals surface area contributed by atoms with E-state index < -0.39 is 0 Å². The van der Waals surface area contributed by atoms with Crippen LogP contribution >= 0.6 is 0 Å². The second kappa shape index (κ2) is 8.87. The molecule has 5 heteroatoms. The van der Waals surface area contributed by atoms with Gasteiger partial charge < -0.3 is 10.4 Å². The number of carbonyl (C=O) groups excluding carboxylic acids is 1. The van der Waals surface area contributed by atoms with Crippen LogP contribution in [0.2, 0.25) is 0 Å². The first-order valence-electron chi connectivity index (χ1n) is 8.37. The second-order valence-corrected chi connectivity index (χ2v) is 6.50. The molecule has 0 bridgehead atoms. The van der Waals surface area contributed by atoms with Gasteiger partial charge in [0.1, 0.15) is 0 Å². The molecule has 0 aliphatic heterocycles. The maximum absolute atomic E-state index is 12.1. The fourth-order valence-electron chi connectivity index (χ4n) is 2.65. The molecule has 2 atom stereocenters. The van der Waals surface area contributed by atoms with E-state index in [4.69, 9.17) is 0 Å². The number of nitrogens with one attached hydrogen (secondary N) is 1. The standard InChI is InChI=1S/C18H31N3O2/c1-7-13(4)17(11-22)19-18(23)8-9-21-15(6)16(10-12(2)3)14(5)20-21/h13,17,22H,2,7-11H2,1,3-6H3,(H,19,23). The minimum Gasteiger partial charge on any atom is -0.394 e. The minimum absolute atomic E-state index is 0.0244. The fraction of sp³-hybridized carbons (Fsp3) is 0.667. The molecule has 0 saturated carbocycles. The van der Waals surface area contributed by atoms with E-state index in [2.05, 4.69) is 23.9 Å². The van der Waals surface area contributed by atoms with Gasteiger partial charge in [-0.25, -0.2) is 0 Å². The molecule has 0 aliphatic carbocycles. The third-order valence-corrected chi connectivity index (χ3v) is 4.43. The van der Waals surface area contributed by atoms with Gasteiger partial charge in [-0.15, -0.1) is 0 Å². The Balaban J connectivity index is 2.64. The summed E-state index contributed by atoms with van der Waals surface area (Å²) < 4.78 is 1.89.